The Kier molecular flexibility index (Phi) is 12.4. The van der Waals surface area contributed by atoms with Crippen molar-refractivity contribution in [1.82, 2.24) is 10.3 Å². The van der Waals surface area contributed by atoms with Crippen molar-refractivity contribution in [2.45, 2.75) is 51.5 Å². The number of hydrogen-bond donors (Lipinski definition) is 1. The van der Waals surface area contributed by atoms with Gasteiger partial charge in [-0.2, -0.15) is 0 Å². The maximum Gasteiger partial charge on any atom is 0.357 e. The maximum absolute atomic E-state index is 13.6. The average Bonchev–Trinajstić information content (AvgIpc) is 3.13. The van der Waals surface area contributed by atoms with Gasteiger partial charge in [0.25, 0.3) is 12.4 Å². The van der Waals surface area contributed by atoms with Gasteiger partial charge in [0.1, 0.15) is 18.6 Å². The summed E-state index contributed by atoms with van der Waals surface area (Å²) in [5.41, 5.74) is 0.556. The van der Waals surface area contributed by atoms with E-state index in [2.05, 4.69) is 10.3 Å². The van der Waals surface area contributed by atoms with E-state index < -0.39 is 84.0 Å². The summed E-state index contributed by atoms with van der Waals surface area (Å²) in [5, 5.41) is 2.42. The fourth-order valence-electron chi connectivity index (χ4n) is 4.94. The van der Waals surface area contributed by atoms with E-state index in [1.165, 1.54) is 38.4 Å². The molecule has 14 heteroatoms. The number of carbonyl (C=O) groups excluding carboxylic acids is 6. The molecule has 4 rings (SSSR count). The second-order valence-electron chi connectivity index (χ2n) is 11.3. The van der Waals surface area contributed by atoms with Crippen LogP contribution in [-0.4, -0.2) is 73.2 Å². The molecule has 1 aromatic heterocycles. The van der Waals surface area contributed by atoms with Crippen molar-refractivity contribution in [3.63, 3.8) is 0 Å². The van der Waals surface area contributed by atoms with E-state index in [0.29, 0.717) is 5.56 Å². The van der Waals surface area contributed by atoms with Crippen molar-refractivity contribution in [2.24, 2.45) is 11.8 Å². The second-order valence-corrected chi connectivity index (χ2v) is 11.3. The molecule has 1 amide bonds. The third-order valence-corrected chi connectivity index (χ3v) is 7.48. The summed E-state index contributed by atoms with van der Waals surface area (Å²) in [6.07, 6.45) is -2.53. The third kappa shape index (κ3) is 9.18. The molecule has 2 heterocycles. The number of cyclic esters (lactones) is 2. The molecule has 0 saturated carbocycles. The van der Waals surface area contributed by atoms with E-state index >= 15 is 0 Å². The average molecular weight is 677 g/mol. The minimum absolute atomic E-state index is 0.0802. The highest BCUT2D eigenvalue weighted by atomic mass is 16.6. The first-order valence-corrected chi connectivity index (χ1v) is 15.3. The monoisotopic (exact) mass is 676 g/mol. The topological polar surface area (TPSA) is 183 Å². The minimum atomic E-state index is -1.55. The van der Waals surface area contributed by atoms with Gasteiger partial charge in [-0.05, 0) is 18.9 Å². The van der Waals surface area contributed by atoms with E-state index in [9.17, 15) is 28.8 Å². The van der Waals surface area contributed by atoms with Gasteiger partial charge in [-0.3, -0.25) is 19.2 Å². The molecule has 49 heavy (non-hydrogen) atoms. The summed E-state index contributed by atoms with van der Waals surface area (Å²) >= 11 is 0. The second kappa shape index (κ2) is 16.9. The summed E-state index contributed by atoms with van der Waals surface area (Å²) in [4.78, 5) is 81.6. The van der Waals surface area contributed by atoms with Crippen LogP contribution < -0.4 is 14.8 Å². The van der Waals surface area contributed by atoms with Gasteiger partial charge in [0.05, 0.1) is 13.0 Å². The SMILES string of the molecule is COc1ccnc(C(=O)NC2COC(=O)C(Cc3ccccc3)C(OC(=O)C(C)C)C(C)OC2=O)c1OC(=O)C(OC=O)c1ccccc1. The lowest BCUT2D eigenvalue weighted by Gasteiger charge is -2.29. The zero-order valence-corrected chi connectivity index (χ0v) is 27.2. The zero-order valence-electron chi connectivity index (χ0n) is 27.2. The number of nitrogens with one attached hydrogen (secondary N) is 1. The Balaban J connectivity index is 1.60. The van der Waals surface area contributed by atoms with Crippen LogP contribution in [0.1, 0.15) is 48.5 Å². The summed E-state index contributed by atoms with van der Waals surface area (Å²) in [6.45, 7) is 4.15. The quantitative estimate of drug-likeness (QED) is 0.168. The Morgan fingerprint density at radius 3 is 2.29 bits per heavy atom. The molecule has 0 aliphatic carbocycles. The fraction of sp³-hybridized carbons (Fsp3) is 0.343. The number of esters is 4. The van der Waals surface area contributed by atoms with Crippen molar-refractivity contribution in [3.8, 4) is 11.5 Å². The molecule has 3 aromatic rings. The lowest BCUT2D eigenvalue weighted by molar-refractivity contribution is -0.176. The predicted molar refractivity (Wildman–Crippen MR) is 169 cm³/mol. The third-order valence-electron chi connectivity index (χ3n) is 7.48. The molecule has 0 spiro atoms. The number of pyridine rings is 1. The highest BCUT2D eigenvalue weighted by Gasteiger charge is 2.42. The Labute approximate surface area is 282 Å². The van der Waals surface area contributed by atoms with E-state index in [1.807, 2.05) is 6.07 Å². The molecule has 1 saturated heterocycles. The number of nitrogens with zero attached hydrogens (tertiary/aromatic N) is 1. The molecular formula is C35H36N2O12. The van der Waals surface area contributed by atoms with Crippen LogP contribution in [0.25, 0.3) is 0 Å². The van der Waals surface area contributed by atoms with Crippen LogP contribution in [0.3, 0.4) is 0 Å². The largest absolute Gasteiger partial charge is 0.493 e. The number of hydrogen-bond acceptors (Lipinski definition) is 13. The maximum atomic E-state index is 13.6. The van der Waals surface area contributed by atoms with Crippen molar-refractivity contribution in [3.05, 3.63) is 89.7 Å². The molecule has 258 valence electrons. The first-order valence-electron chi connectivity index (χ1n) is 15.3. The molecule has 5 unspecified atom stereocenters. The molecule has 1 aliphatic rings. The molecule has 5 atom stereocenters. The Morgan fingerprint density at radius 2 is 1.65 bits per heavy atom. The Bertz CT molecular complexity index is 1650. The van der Waals surface area contributed by atoms with Crippen molar-refractivity contribution in [1.29, 1.82) is 0 Å². The summed E-state index contributed by atoms with van der Waals surface area (Å²) < 4.78 is 32.6. The molecule has 1 aliphatic heterocycles. The normalized spacial score (nSPS) is 19.9. The van der Waals surface area contributed by atoms with Gasteiger partial charge in [0.15, 0.2) is 23.6 Å². The first-order chi connectivity index (χ1) is 23.5. The zero-order chi connectivity index (χ0) is 35.5. The van der Waals surface area contributed by atoms with E-state index in [-0.39, 0.29) is 18.6 Å². The van der Waals surface area contributed by atoms with E-state index in [1.54, 1.807) is 56.3 Å². The highest BCUT2D eigenvalue weighted by Crippen LogP contribution is 2.32. The van der Waals surface area contributed by atoms with E-state index in [4.69, 9.17) is 28.4 Å². The first kappa shape index (κ1) is 36.1. The van der Waals surface area contributed by atoms with Gasteiger partial charge in [-0.1, -0.05) is 74.5 Å². The van der Waals surface area contributed by atoms with Crippen LogP contribution in [0.4, 0.5) is 0 Å². The lowest BCUT2D eigenvalue weighted by Crippen LogP contribution is -2.47. The van der Waals surface area contributed by atoms with Crippen molar-refractivity contribution in [2.75, 3.05) is 13.7 Å². The Hall–Kier alpha value is -5.79. The van der Waals surface area contributed by atoms with Crippen LogP contribution in [0, 0.1) is 11.8 Å². The number of benzene rings is 2. The minimum Gasteiger partial charge on any atom is -0.493 e. The standard InChI is InChI=1S/C35H36N2O12/c1-20(2)32(40)48-28-21(3)47-34(42)25(18-45-33(41)24(28)17-22-11-7-5-8-12-22)37-31(39)27-30(26(44-4)15-16-36-27)49-35(43)29(46-19-38)23-13-9-6-10-14-23/h5-16,19-21,24-25,28-29H,17-18H2,1-4H3,(H,37,39). The Morgan fingerprint density at radius 1 is 0.980 bits per heavy atom. The van der Waals surface area contributed by atoms with Crippen LogP contribution in [0.5, 0.6) is 11.5 Å². The van der Waals surface area contributed by atoms with Crippen LogP contribution in [0.2, 0.25) is 0 Å². The van der Waals surface area contributed by atoms with Gasteiger partial charge < -0.3 is 33.7 Å². The molecule has 1 fully saturated rings. The number of carbonyl (C=O) groups is 6. The predicted octanol–water partition coefficient (Wildman–Crippen LogP) is 2.92. The molecule has 0 bridgehead atoms. The number of aromatic nitrogens is 1. The van der Waals surface area contributed by atoms with Gasteiger partial charge in [-0.25, -0.2) is 14.6 Å². The highest BCUT2D eigenvalue weighted by molar-refractivity contribution is 5.99. The molecule has 1 N–H and O–H groups in total. The van der Waals surface area contributed by atoms with Crippen LogP contribution in [0.15, 0.2) is 72.9 Å². The lowest BCUT2D eigenvalue weighted by atomic mass is 9.91. The molecule has 14 nitrogen and oxygen atoms in total. The van der Waals surface area contributed by atoms with Gasteiger partial charge in [0.2, 0.25) is 11.9 Å². The van der Waals surface area contributed by atoms with Gasteiger partial charge >= 0.3 is 23.9 Å². The van der Waals surface area contributed by atoms with Gasteiger partial charge in [0, 0.05) is 17.8 Å². The molecular weight excluding hydrogens is 640 g/mol. The smallest absolute Gasteiger partial charge is 0.357 e. The van der Waals surface area contributed by atoms with Crippen LogP contribution >= 0.6 is 0 Å². The van der Waals surface area contributed by atoms with Gasteiger partial charge in [-0.15, -0.1) is 0 Å². The van der Waals surface area contributed by atoms with Crippen molar-refractivity contribution >= 4 is 36.3 Å². The fourth-order valence-corrected chi connectivity index (χ4v) is 4.94. The number of ether oxygens (including phenoxy) is 6. The molecule has 2 aromatic carbocycles. The number of amides is 1. The molecule has 0 radical (unpaired) electrons. The van der Waals surface area contributed by atoms with E-state index in [0.717, 1.165) is 5.56 Å². The number of methoxy groups -OCH3 is 1. The summed E-state index contributed by atoms with van der Waals surface area (Å²) in [6, 6.07) is 16.7. The van der Waals surface area contributed by atoms with Crippen molar-refractivity contribution < 1.29 is 57.2 Å². The summed E-state index contributed by atoms with van der Waals surface area (Å²) in [5.74, 6) is -6.60. The van der Waals surface area contributed by atoms with Crippen LogP contribution in [-0.2, 0) is 49.3 Å². The number of rotatable bonds is 12. The summed E-state index contributed by atoms with van der Waals surface area (Å²) in [7, 11) is 1.26.